The van der Waals surface area contributed by atoms with Crippen LogP contribution in [0.3, 0.4) is 0 Å². The number of para-hydroxylation sites is 1. The number of fused-ring (bicyclic) bond motifs is 1. The van der Waals surface area contributed by atoms with Crippen LogP contribution in [0.1, 0.15) is 13.8 Å². The molecule has 1 atom stereocenters. The lowest BCUT2D eigenvalue weighted by Gasteiger charge is -2.32. The number of aromatic nitrogens is 3. The number of anilines is 1. The van der Waals surface area contributed by atoms with Crippen molar-refractivity contribution in [3.8, 4) is 11.4 Å². The smallest absolute Gasteiger partial charge is 0.245 e. The molecule has 7 nitrogen and oxygen atoms in total. The van der Waals surface area contributed by atoms with E-state index in [4.69, 9.17) is 9.72 Å². The maximum atomic E-state index is 13.2. The lowest BCUT2D eigenvalue weighted by molar-refractivity contribution is -0.137. The second-order valence-corrected chi connectivity index (χ2v) is 7.46. The predicted octanol–water partition coefficient (Wildman–Crippen LogP) is 2.99. The topological polar surface area (TPSA) is 80.2 Å². The van der Waals surface area contributed by atoms with E-state index in [-0.39, 0.29) is 17.9 Å². The average Bonchev–Trinajstić information content (AvgIpc) is 2.77. The van der Waals surface area contributed by atoms with Crippen LogP contribution in [0.4, 0.5) is 5.82 Å². The third kappa shape index (κ3) is 4.19. The number of nitrogens with zero attached hydrogens (tertiary/aromatic N) is 4. The molecule has 0 saturated carbocycles. The van der Waals surface area contributed by atoms with E-state index in [0.29, 0.717) is 37.9 Å². The highest BCUT2D eigenvalue weighted by Crippen LogP contribution is 2.26. The molecule has 1 unspecified atom stereocenters. The highest BCUT2D eigenvalue weighted by molar-refractivity contribution is 5.93. The molecule has 0 radical (unpaired) electrons. The highest BCUT2D eigenvalue weighted by Gasteiger charge is 2.29. The summed E-state index contributed by atoms with van der Waals surface area (Å²) in [5, 5.41) is 4.31. The van der Waals surface area contributed by atoms with Crippen LogP contribution in [0, 0.1) is 5.92 Å². The minimum Gasteiger partial charge on any atom is -0.378 e. The molecule has 4 rings (SSSR count). The van der Waals surface area contributed by atoms with Crippen molar-refractivity contribution in [1.29, 1.82) is 0 Å². The molecule has 0 spiro atoms. The van der Waals surface area contributed by atoms with Crippen LogP contribution in [0.15, 0.2) is 48.8 Å². The molecule has 29 heavy (non-hydrogen) atoms. The molecule has 1 aromatic carbocycles. The molecule has 150 valence electrons. The van der Waals surface area contributed by atoms with Gasteiger partial charge in [-0.25, -0.2) is 9.97 Å². The van der Waals surface area contributed by atoms with Crippen molar-refractivity contribution in [3.05, 3.63) is 48.8 Å². The summed E-state index contributed by atoms with van der Waals surface area (Å²) in [7, 11) is 0. The maximum absolute atomic E-state index is 13.2. The van der Waals surface area contributed by atoms with Crippen molar-refractivity contribution < 1.29 is 9.53 Å². The molecule has 2 aromatic heterocycles. The van der Waals surface area contributed by atoms with Gasteiger partial charge in [0, 0.05) is 36.4 Å². The minimum atomic E-state index is -0.381. The van der Waals surface area contributed by atoms with Gasteiger partial charge in [-0.15, -0.1) is 0 Å². The molecule has 0 aliphatic carbocycles. The van der Waals surface area contributed by atoms with Crippen LogP contribution in [-0.4, -0.2) is 58.1 Å². The van der Waals surface area contributed by atoms with Crippen molar-refractivity contribution in [2.45, 2.75) is 19.9 Å². The third-order valence-corrected chi connectivity index (χ3v) is 5.07. The van der Waals surface area contributed by atoms with Gasteiger partial charge in [0.25, 0.3) is 0 Å². The molecule has 1 fully saturated rings. The number of benzene rings is 1. The Morgan fingerprint density at radius 3 is 2.62 bits per heavy atom. The summed E-state index contributed by atoms with van der Waals surface area (Å²) in [5.74, 6) is 1.42. The van der Waals surface area contributed by atoms with Gasteiger partial charge >= 0.3 is 0 Å². The summed E-state index contributed by atoms with van der Waals surface area (Å²) in [4.78, 5) is 28.7. The number of morpholine rings is 1. The van der Waals surface area contributed by atoms with E-state index in [0.717, 1.165) is 16.5 Å². The van der Waals surface area contributed by atoms with Crippen LogP contribution < -0.4 is 5.32 Å². The van der Waals surface area contributed by atoms with Gasteiger partial charge in [-0.3, -0.25) is 9.78 Å². The molecule has 0 bridgehead atoms. The first kappa shape index (κ1) is 19.3. The molecule has 1 amide bonds. The SMILES string of the molecule is CC(C)C(Nc1nc(-c2cccnc2)nc2ccccc12)C(=O)N1CCOCC1. The molecular weight excluding hydrogens is 366 g/mol. The van der Waals surface area contributed by atoms with E-state index in [1.54, 1.807) is 12.4 Å². The van der Waals surface area contributed by atoms with E-state index < -0.39 is 0 Å². The van der Waals surface area contributed by atoms with E-state index >= 15 is 0 Å². The second-order valence-electron chi connectivity index (χ2n) is 7.46. The van der Waals surface area contributed by atoms with Gasteiger partial charge in [-0.1, -0.05) is 26.0 Å². The molecule has 7 heteroatoms. The zero-order chi connectivity index (χ0) is 20.2. The van der Waals surface area contributed by atoms with Crippen LogP contribution in [0.25, 0.3) is 22.3 Å². The first-order valence-corrected chi connectivity index (χ1v) is 9.94. The number of ether oxygens (including phenoxy) is 1. The van der Waals surface area contributed by atoms with Gasteiger partial charge in [-0.2, -0.15) is 0 Å². The first-order valence-electron chi connectivity index (χ1n) is 9.94. The summed E-state index contributed by atoms with van der Waals surface area (Å²) in [6, 6.07) is 11.2. The Morgan fingerprint density at radius 1 is 1.10 bits per heavy atom. The summed E-state index contributed by atoms with van der Waals surface area (Å²) in [6.45, 7) is 6.49. The molecule has 1 N–H and O–H groups in total. The zero-order valence-electron chi connectivity index (χ0n) is 16.7. The number of pyridine rings is 1. The molecule has 1 aliphatic rings. The quantitative estimate of drug-likeness (QED) is 0.720. The fourth-order valence-electron chi connectivity index (χ4n) is 3.45. The highest BCUT2D eigenvalue weighted by atomic mass is 16.5. The van der Waals surface area contributed by atoms with Gasteiger partial charge in [0.05, 0.1) is 18.7 Å². The molecule has 1 aliphatic heterocycles. The Hall–Kier alpha value is -3.06. The van der Waals surface area contributed by atoms with Crippen molar-refractivity contribution in [3.63, 3.8) is 0 Å². The molecule has 3 heterocycles. The number of hydrogen-bond donors (Lipinski definition) is 1. The van der Waals surface area contributed by atoms with Crippen LogP contribution in [0.2, 0.25) is 0 Å². The van der Waals surface area contributed by atoms with Gasteiger partial charge in [0.15, 0.2) is 5.82 Å². The van der Waals surface area contributed by atoms with E-state index in [1.165, 1.54) is 0 Å². The Kier molecular flexibility index (Phi) is 5.67. The molecular formula is C22H25N5O2. The summed E-state index contributed by atoms with van der Waals surface area (Å²) < 4.78 is 5.39. The van der Waals surface area contributed by atoms with E-state index in [2.05, 4.69) is 15.3 Å². The number of amides is 1. The van der Waals surface area contributed by atoms with Crippen molar-refractivity contribution >= 4 is 22.6 Å². The molecule has 1 saturated heterocycles. The van der Waals surface area contributed by atoms with E-state index in [1.807, 2.05) is 55.1 Å². The Morgan fingerprint density at radius 2 is 1.90 bits per heavy atom. The van der Waals surface area contributed by atoms with Crippen LogP contribution in [0.5, 0.6) is 0 Å². The molecule has 3 aromatic rings. The zero-order valence-corrected chi connectivity index (χ0v) is 16.7. The van der Waals surface area contributed by atoms with Crippen molar-refractivity contribution in [2.24, 2.45) is 5.92 Å². The lowest BCUT2D eigenvalue weighted by Crippen LogP contribution is -2.50. The summed E-state index contributed by atoms with van der Waals surface area (Å²) in [6.07, 6.45) is 3.46. The monoisotopic (exact) mass is 391 g/mol. The predicted molar refractivity (Wildman–Crippen MR) is 112 cm³/mol. The fraction of sp³-hybridized carbons (Fsp3) is 0.364. The standard InChI is InChI=1S/C22H25N5O2/c1-15(2)19(22(28)27-10-12-29-13-11-27)25-21-17-7-3-4-8-18(17)24-20(26-21)16-6-5-9-23-14-16/h3-9,14-15,19H,10-13H2,1-2H3,(H,24,25,26). The largest absolute Gasteiger partial charge is 0.378 e. The fourth-order valence-corrected chi connectivity index (χ4v) is 3.45. The van der Waals surface area contributed by atoms with Crippen LogP contribution >= 0.6 is 0 Å². The maximum Gasteiger partial charge on any atom is 0.245 e. The van der Waals surface area contributed by atoms with Gasteiger partial charge < -0.3 is 15.0 Å². The normalized spacial score (nSPS) is 15.5. The van der Waals surface area contributed by atoms with Gasteiger partial charge in [-0.05, 0) is 30.2 Å². The van der Waals surface area contributed by atoms with Gasteiger partial charge in [0.1, 0.15) is 11.9 Å². The summed E-state index contributed by atoms with van der Waals surface area (Å²) in [5.41, 5.74) is 1.66. The van der Waals surface area contributed by atoms with Crippen molar-refractivity contribution in [1.82, 2.24) is 19.9 Å². The number of carbonyl (C=O) groups is 1. The number of carbonyl (C=O) groups excluding carboxylic acids is 1. The second kappa shape index (κ2) is 8.53. The van der Waals surface area contributed by atoms with Gasteiger partial charge in [0.2, 0.25) is 5.91 Å². The van der Waals surface area contributed by atoms with Crippen molar-refractivity contribution in [2.75, 3.05) is 31.6 Å². The Bertz CT molecular complexity index is 987. The van der Waals surface area contributed by atoms with Crippen LogP contribution in [-0.2, 0) is 9.53 Å². The number of rotatable bonds is 5. The Balaban J connectivity index is 1.72. The average molecular weight is 391 g/mol. The third-order valence-electron chi connectivity index (χ3n) is 5.07. The number of nitrogens with one attached hydrogen (secondary N) is 1. The lowest BCUT2D eigenvalue weighted by atomic mass is 10.0. The van der Waals surface area contributed by atoms with E-state index in [9.17, 15) is 4.79 Å². The first-order chi connectivity index (χ1) is 14.1. The number of hydrogen-bond acceptors (Lipinski definition) is 6. The minimum absolute atomic E-state index is 0.0777. The summed E-state index contributed by atoms with van der Waals surface area (Å²) >= 11 is 0. The Labute approximate surface area is 170 Å².